The average Bonchev–Trinajstić information content (AvgIpc) is 3.23. The topological polar surface area (TPSA) is 70.4 Å². The molecule has 2 aliphatic rings. The lowest BCUT2D eigenvalue weighted by Crippen LogP contribution is -2.49. The Morgan fingerprint density at radius 3 is 2.40 bits per heavy atom. The number of fused-ring (bicyclic) bond motifs is 1. The van der Waals surface area contributed by atoms with E-state index in [1.54, 1.807) is 17.2 Å². The van der Waals surface area contributed by atoms with Crippen LogP contribution in [0.3, 0.4) is 0 Å². The lowest BCUT2D eigenvalue weighted by atomic mass is 10.1. The van der Waals surface area contributed by atoms with E-state index in [0.29, 0.717) is 0 Å². The Morgan fingerprint density at radius 1 is 0.867 bits per heavy atom. The van der Waals surface area contributed by atoms with Crippen LogP contribution in [-0.4, -0.2) is 69.8 Å². The van der Waals surface area contributed by atoms with Gasteiger partial charge in [0.15, 0.2) is 5.65 Å². The van der Waals surface area contributed by atoms with Gasteiger partial charge in [-0.1, -0.05) is 18.2 Å². The maximum atomic E-state index is 12.9. The molecule has 2 saturated heterocycles. The molecule has 0 saturated carbocycles. The number of nitrogens with zero attached hydrogens (tertiary/aromatic N) is 7. The van der Waals surface area contributed by atoms with Crippen LogP contribution < -0.4 is 9.80 Å². The van der Waals surface area contributed by atoms with Crippen molar-refractivity contribution >= 4 is 28.4 Å². The van der Waals surface area contributed by atoms with E-state index >= 15 is 0 Å². The van der Waals surface area contributed by atoms with Gasteiger partial charge in [-0.15, -0.1) is 0 Å². The lowest BCUT2D eigenvalue weighted by Gasteiger charge is -2.36. The Bertz CT molecular complexity index is 1000. The molecule has 0 spiro atoms. The van der Waals surface area contributed by atoms with Gasteiger partial charge in [0.25, 0.3) is 0 Å². The van der Waals surface area contributed by atoms with Gasteiger partial charge in [-0.25, -0.2) is 14.6 Å². The standard InChI is InChI=1S/C22H27N7O/c30-20(27-13-11-26(12-14-27)18-7-3-1-4-8-18)16-29-22-19(15-25-29)21(23-17-24-22)28-9-5-2-6-10-28/h1,3-4,7-8,15,17H,2,5-6,9-14,16H2. The third-order valence-electron chi connectivity index (χ3n) is 6.11. The molecule has 30 heavy (non-hydrogen) atoms. The quantitative estimate of drug-likeness (QED) is 0.663. The Morgan fingerprint density at radius 2 is 1.63 bits per heavy atom. The summed E-state index contributed by atoms with van der Waals surface area (Å²) in [6, 6.07) is 10.4. The SMILES string of the molecule is O=C(Cn1ncc2c(N3CCCCC3)ncnc21)N1CCN(c2ccccc2)CC1. The Kier molecular flexibility index (Phi) is 5.21. The fourth-order valence-electron chi connectivity index (χ4n) is 4.43. The number of rotatable bonds is 4. The number of hydrogen-bond acceptors (Lipinski definition) is 6. The molecule has 2 aromatic heterocycles. The summed E-state index contributed by atoms with van der Waals surface area (Å²) in [6.07, 6.45) is 7.05. The van der Waals surface area contributed by atoms with E-state index in [0.717, 1.165) is 56.1 Å². The van der Waals surface area contributed by atoms with Crippen LogP contribution in [0, 0.1) is 0 Å². The van der Waals surface area contributed by atoms with Crippen LogP contribution in [0.1, 0.15) is 19.3 Å². The van der Waals surface area contributed by atoms with Crippen molar-refractivity contribution in [3.05, 3.63) is 42.9 Å². The second-order valence-electron chi connectivity index (χ2n) is 7.99. The number of piperazine rings is 1. The van der Waals surface area contributed by atoms with Gasteiger partial charge in [0.05, 0.1) is 11.6 Å². The first-order valence-corrected chi connectivity index (χ1v) is 10.8. The molecule has 8 heteroatoms. The van der Waals surface area contributed by atoms with Crippen molar-refractivity contribution < 1.29 is 4.79 Å². The van der Waals surface area contributed by atoms with E-state index in [9.17, 15) is 4.79 Å². The van der Waals surface area contributed by atoms with Gasteiger partial charge >= 0.3 is 0 Å². The molecule has 0 unspecified atom stereocenters. The number of anilines is 2. The molecule has 2 aliphatic heterocycles. The minimum absolute atomic E-state index is 0.0887. The van der Waals surface area contributed by atoms with E-state index in [1.807, 2.05) is 11.0 Å². The van der Waals surface area contributed by atoms with Crippen LogP contribution in [0.5, 0.6) is 0 Å². The highest BCUT2D eigenvalue weighted by molar-refractivity contribution is 5.88. The first kappa shape index (κ1) is 18.8. The van der Waals surface area contributed by atoms with E-state index in [1.165, 1.54) is 24.9 Å². The molecular formula is C22H27N7O. The summed E-state index contributed by atoms with van der Waals surface area (Å²) in [5, 5.41) is 5.41. The van der Waals surface area contributed by atoms with E-state index in [-0.39, 0.29) is 12.5 Å². The van der Waals surface area contributed by atoms with Gasteiger partial charge in [0, 0.05) is 45.0 Å². The molecule has 5 rings (SSSR count). The highest BCUT2D eigenvalue weighted by atomic mass is 16.2. The summed E-state index contributed by atoms with van der Waals surface area (Å²) >= 11 is 0. The molecule has 0 atom stereocenters. The zero-order valence-electron chi connectivity index (χ0n) is 17.2. The molecule has 2 fully saturated rings. The number of hydrogen-bond donors (Lipinski definition) is 0. The summed E-state index contributed by atoms with van der Waals surface area (Å²) < 4.78 is 1.72. The molecule has 4 heterocycles. The number of carbonyl (C=O) groups excluding carboxylic acids is 1. The lowest BCUT2D eigenvalue weighted by molar-refractivity contribution is -0.132. The summed E-state index contributed by atoms with van der Waals surface area (Å²) in [7, 11) is 0. The first-order valence-electron chi connectivity index (χ1n) is 10.8. The van der Waals surface area contributed by atoms with Gasteiger partial charge in [-0.3, -0.25) is 4.79 Å². The third-order valence-corrected chi connectivity index (χ3v) is 6.11. The van der Waals surface area contributed by atoms with Crippen molar-refractivity contribution in [2.45, 2.75) is 25.8 Å². The van der Waals surface area contributed by atoms with E-state index in [2.05, 4.69) is 49.1 Å². The number of amides is 1. The molecule has 1 amide bonds. The van der Waals surface area contributed by atoms with Crippen molar-refractivity contribution in [1.29, 1.82) is 0 Å². The van der Waals surface area contributed by atoms with Crippen LogP contribution in [0.25, 0.3) is 11.0 Å². The minimum Gasteiger partial charge on any atom is -0.368 e. The molecule has 8 nitrogen and oxygen atoms in total. The zero-order chi connectivity index (χ0) is 20.3. The number of aromatic nitrogens is 4. The Balaban J connectivity index is 1.26. The summed E-state index contributed by atoms with van der Waals surface area (Å²) in [4.78, 5) is 28.4. The molecular weight excluding hydrogens is 378 g/mol. The maximum absolute atomic E-state index is 12.9. The predicted octanol–water partition coefficient (Wildman–Crippen LogP) is 2.17. The molecule has 156 valence electrons. The summed E-state index contributed by atoms with van der Waals surface area (Å²) in [5.41, 5.74) is 1.95. The maximum Gasteiger partial charge on any atom is 0.244 e. The largest absolute Gasteiger partial charge is 0.368 e. The van der Waals surface area contributed by atoms with Crippen molar-refractivity contribution in [1.82, 2.24) is 24.6 Å². The van der Waals surface area contributed by atoms with Gasteiger partial charge in [0.1, 0.15) is 18.7 Å². The monoisotopic (exact) mass is 405 g/mol. The number of piperidine rings is 1. The molecule has 1 aromatic carbocycles. The molecule has 0 radical (unpaired) electrons. The van der Waals surface area contributed by atoms with Crippen LogP contribution in [-0.2, 0) is 11.3 Å². The molecule has 0 aliphatic carbocycles. The smallest absolute Gasteiger partial charge is 0.244 e. The van der Waals surface area contributed by atoms with E-state index < -0.39 is 0 Å². The van der Waals surface area contributed by atoms with Crippen LogP contribution in [0.4, 0.5) is 11.5 Å². The van der Waals surface area contributed by atoms with Crippen molar-refractivity contribution in [2.75, 3.05) is 49.1 Å². The predicted molar refractivity (Wildman–Crippen MR) is 117 cm³/mol. The summed E-state index contributed by atoms with van der Waals surface area (Å²) in [5.74, 6) is 1.03. The third kappa shape index (κ3) is 3.69. The minimum atomic E-state index is 0.0887. The van der Waals surface area contributed by atoms with Crippen LogP contribution in [0.15, 0.2) is 42.9 Å². The van der Waals surface area contributed by atoms with Crippen molar-refractivity contribution in [3.63, 3.8) is 0 Å². The average molecular weight is 406 g/mol. The fraction of sp³-hybridized carbons (Fsp3) is 0.455. The zero-order valence-corrected chi connectivity index (χ0v) is 17.2. The van der Waals surface area contributed by atoms with Gasteiger partial charge in [-0.05, 0) is 31.4 Å². The highest BCUT2D eigenvalue weighted by Gasteiger charge is 2.23. The normalized spacial score (nSPS) is 17.5. The van der Waals surface area contributed by atoms with Gasteiger partial charge < -0.3 is 14.7 Å². The van der Waals surface area contributed by atoms with Crippen molar-refractivity contribution in [2.24, 2.45) is 0 Å². The van der Waals surface area contributed by atoms with Crippen LogP contribution in [0.2, 0.25) is 0 Å². The van der Waals surface area contributed by atoms with E-state index in [4.69, 9.17) is 0 Å². The highest BCUT2D eigenvalue weighted by Crippen LogP contribution is 2.25. The number of para-hydroxylation sites is 1. The summed E-state index contributed by atoms with van der Waals surface area (Å²) in [6.45, 7) is 5.38. The number of benzene rings is 1. The van der Waals surface area contributed by atoms with Gasteiger partial charge in [-0.2, -0.15) is 5.10 Å². The van der Waals surface area contributed by atoms with Crippen LogP contribution >= 0.6 is 0 Å². The second kappa shape index (κ2) is 8.30. The van der Waals surface area contributed by atoms with Crippen molar-refractivity contribution in [3.8, 4) is 0 Å². The molecule has 0 N–H and O–H groups in total. The number of carbonyl (C=O) groups is 1. The second-order valence-corrected chi connectivity index (χ2v) is 7.99. The molecule has 0 bridgehead atoms. The Labute approximate surface area is 176 Å². The Hall–Kier alpha value is -3.16. The fourth-order valence-corrected chi connectivity index (χ4v) is 4.43. The van der Waals surface area contributed by atoms with Gasteiger partial charge in [0.2, 0.25) is 5.91 Å². The molecule has 3 aromatic rings. The first-order chi connectivity index (χ1) is 14.8.